The van der Waals surface area contributed by atoms with Crippen molar-refractivity contribution in [3.05, 3.63) is 131 Å². The fourth-order valence-electron chi connectivity index (χ4n) is 4.55. The van der Waals surface area contributed by atoms with Crippen LogP contribution in [-0.2, 0) is 4.79 Å². The van der Waals surface area contributed by atoms with Gasteiger partial charge in [0.25, 0.3) is 5.91 Å². The lowest BCUT2D eigenvalue weighted by atomic mass is 9.99. The largest absolute Gasteiger partial charge is 0.503 e. The van der Waals surface area contributed by atoms with E-state index in [4.69, 9.17) is 9.15 Å². The van der Waals surface area contributed by atoms with Gasteiger partial charge in [-0.1, -0.05) is 48.5 Å². The van der Waals surface area contributed by atoms with Crippen LogP contribution in [-0.4, -0.2) is 21.8 Å². The van der Waals surface area contributed by atoms with Gasteiger partial charge in [0.1, 0.15) is 28.3 Å². The summed E-state index contributed by atoms with van der Waals surface area (Å²) in [5, 5.41) is 11.7. The van der Waals surface area contributed by atoms with Gasteiger partial charge in [-0.15, -0.1) is 11.3 Å². The molecule has 1 aliphatic rings. The highest BCUT2D eigenvalue weighted by atomic mass is 32.1. The number of para-hydroxylation sites is 1. The first kappa shape index (κ1) is 24.4. The van der Waals surface area contributed by atoms with E-state index in [1.807, 2.05) is 60.7 Å². The summed E-state index contributed by atoms with van der Waals surface area (Å²) in [6, 6.07) is 28.2. The molecule has 0 spiro atoms. The van der Waals surface area contributed by atoms with E-state index in [0.717, 1.165) is 5.56 Å². The maximum Gasteiger partial charge on any atom is 0.294 e. The standard InChI is InChI=1S/C31H22N2O5S/c1-19-29(39-30(32-19)20-9-4-2-5-10-20)27(34)25-26(24-13-8-18-37-24)33(31(36)28(25)35)21-14-16-23(17-15-21)38-22-11-6-3-7-12-22/h2-18,26,35H,1H3. The van der Waals surface area contributed by atoms with Crippen LogP contribution in [0.15, 0.2) is 119 Å². The van der Waals surface area contributed by atoms with Crippen LogP contribution in [0.2, 0.25) is 0 Å². The third-order valence-electron chi connectivity index (χ3n) is 6.38. The molecule has 1 unspecified atom stereocenters. The molecular formula is C31H22N2O5S. The van der Waals surface area contributed by atoms with Gasteiger partial charge in [0.2, 0.25) is 5.78 Å². The van der Waals surface area contributed by atoms with Gasteiger partial charge >= 0.3 is 0 Å². The first-order chi connectivity index (χ1) is 19.0. The van der Waals surface area contributed by atoms with Crippen LogP contribution in [0.3, 0.4) is 0 Å². The minimum atomic E-state index is -0.956. The van der Waals surface area contributed by atoms with Crippen molar-refractivity contribution in [2.45, 2.75) is 13.0 Å². The highest BCUT2D eigenvalue weighted by molar-refractivity contribution is 7.17. The predicted octanol–water partition coefficient (Wildman–Crippen LogP) is 7.29. The normalized spacial score (nSPS) is 15.2. The number of aliphatic hydroxyl groups is 1. The number of carbonyl (C=O) groups excluding carboxylic acids is 2. The summed E-state index contributed by atoms with van der Waals surface area (Å²) in [6.07, 6.45) is 1.47. The van der Waals surface area contributed by atoms with Crippen LogP contribution < -0.4 is 9.64 Å². The first-order valence-corrected chi connectivity index (χ1v) is 13.0. The molecule has 1 aliphatic heterocycles. The fourth-order valence-corrected chi connectivity index (χ4v) is 5.58. The molecule has 3 aromatic carbocycles. The maximum atomic E-state index is 13.9. The average molecular weight is 535 g/mol. The number of ether oxygens (including phenoxy) is 1. The number of Topliss-reactive ketones (excluding diaryl/α,β-unsaturated/α-hetero) is 1. The number of furan rings is 1. The molecular weight excluding hydrogens is 512 g/mol. The number of thiazole rings is 1. The number of amides is 1. The number of carbonyl (C=O) groups is 2. The summed E-state index contributed by atoms with van der Waals surface area (Å²) >= 11 is 1.23. The van der Waals surface area contributed by atoms with Crippen molar-refractivity contribution in [1.82, 2.24) is 4.98 Å². The monoisotopic (exact) mass is 534 g/mol. The summed E-state index contributed by atoms with van der Waals surface area (Å²) in [6.45, 7) is 1.75. The Balaban J connectivity index is 1.36. The molecule has 0 saturated heterocycles. The van der Waals surface area contributed by atoms with Crippen LogP contribution in [0.25, 0.3) is 10.6 Å². The van der Waals surface area contributed by atoms with Crippen LogP contribution in [0.1, 0.15) is 27.2 Å². The Morgan fingerprint density at radius 3 is 2.26 bits per heavy atom. The van der Waals surface area contributed by atoms with Crippen molar-refractivity contribution in [3.63, 3.8) is 0 Å². The Bertz CT molecular complexity index is 1670. The molecule has 192 valence electrons. The van der Waals surface area contributed by atoms with Crippen LogP contribution in [0.5, 0.6) is 11.5 Å². The molecule has 0 bridgehead atoms. The minimum Gasteiger partial charge on any atom is -0.503 e. The van der Waals surface area contributed by atoms with Crippen molar-refractivity contribution in [2.75, 3.05) is 4.90 Å². The van der Waals surface area contributed by atoms with Crippen LogP contribution >= 0.6 is 11.3 Å². The smallest absolute Gasteiger partial charge is 0.294 e. The minimum absolute atomic E-state index is 0.0501. The molecule has 0 fully saturated rings. The lowest BCUT2D eigenvalue weighted by Crippen LogP contribution is -2.30. The van der Waals surface area contributed by atoms with Crippen molar-refractivity contribution in [3.8, 4) is 22.1 Å². The van der Waals surface area contributed by atoms with Crippen molar-refractivity contribution < 1.29 is 23.8 Å². The zero-order valence-corrected chi connectivity index (χ0v) is 21.6. The lowest BCUT2D eigenvalue weighted by molar-refractivity contribution is -0.117. The highest BCUT2D eigenvalue weighted by Crippen LogP contribution is 2.43. The fraction of sp³-hybridized carbons (Fsp3) is 0.0645. The summed E-state index contributed by atoms with van der Waals surface area (Å²) in [4.78, 5) is 33.6. The van der Waals surface area contributed by atoms with Gasteiger partial charge in [-0.05, 0) is 55.5 Å². The Morgan fingerprint density at radius 2 is 1.59 bits per heavy atom. The molecule has 0 aliphatic carbocycles. The molecule has 1 atom stereocenters. The van der Waals surface area contributed by atoms with Gasteiger partial charge in [0, 0.05) is 11.3 Å². The number of anilines is 1. The van der Waals surface area contributed by atoms with E-state index in [9.17, 15) is 14.7 Å². The highest BCUT2D eigenvalue weighted by Gasteiger charge is 2.46. The maximum absolute atomic E-state index is 13.9. The molecule has 1 amide bonds. The molecule has 1 N–H and O–H groups in total. The molecule has 5 aromatic rings. The Hall–Kier alpha value is -4.95. The van der Waals surface area contributed by atoms with Crippen LogP contribution in [0, 0.1) is 6.92 Å². The van der Waals surface area contributed by atoms with Crippen molar-refractivity contribution in [2.24, 2.45) is 0 Å². The predicted molar refractivity (Wildman–Crippen MR) is 148 cm³/mol. The second-order valence-corrected chi connectivity index (χ2v) is 9.89. The second-order valence-electron chi connectivity index (χ2n) is 8.89. The summed E-state index contributed by atoms with van der Waals surface area (Å²) in [5.41, 5.74) is 1.83. The topological polar surface area (TPSA) is 92.9 Å². The number of aryl methyl sites for hydroxylation is 1. The second kappa shape index (κ2) is 10.1. The van der Waals surface area contributed by atoms with Gasteiger partial charge in [-0.25, -0.2) is 4.98 Å². The van der Waals surface area contributed by atoms with Crippen LogP contribution in [0.4, 0.5) is 5.69 Å². The van der Waals surface area contributed by atoms with Crippen molar-refractivity contribution in [1.29, 1.82) is 0 Å². The van der Waals surface area contributed by atoms with E-state index in [-0.39, 0.29) is 5.57 Å². The number of ketones is 1. The van der Waals surface area contributed by atoms with E-state index in [1.165, 1.54) is 22.5 Å². The SMILES string of the molecule is Cc1nc(-c2ccccc2)sc1C(=O)C1=C(O)C(=O)N(c2ccc(Oc3ccccc3)cc2)C1c1ccco1. The number of hydrogen-bond acceptors (Lipinski definition) is 7. The quantitative estimate of drug-likeness (QED) is 0.221. The summed E-state index contributed by atoms with van der Waals surface area (Å²) < 4.78 is 11.5. The van der Waals surface area contributed by atoms with E-state index in [1.54, 1.807) is 43.3 Å². The zero-order chi connectivity index (χ0) is 26.9. The summed E-state index contributed by atoms with van der Waals surface area (Å²) in [7, 11) is 0. The Morgan fingerprint density at radius 1 is 0.923 bits per heavy atom. The number of rotatable bonds is 7. The van der Waals surface area contributed by atoms with Gasteiger partial charge in [0.15, 0.2) is 5.76 Å². The average Bonchev–Trinajstić information content (AvgIpc) is 3.69. The number of aliphatic hydroxyl groups excluding tert-OH is 1. The molecule has 2 aromatic heterocycles. The third-order valence-corrected chi connectivity index (χ3v) is 7.59. The lowest BCUT2D eigenvalue weighted by Gasteiger charge is -2.25. The van der Waals surface area contributed by atoms with Gasteiger partial charge in [0.05, 0.1) is 22.4 Å². The number of benzene rings is 3. The van der Waals surface area contributed by atoms with Crippen molar-refractivity contribution >= 4 is 28.7 Å². The van der Waals surface area contributed by atoms with Gasteiger partial charge in [-0.3, -0.25) is 14.5 Å². The third kappa shape index (κ3) is 4.51. The summed E-state index contributed by atoms with van der Waals surface area (Å²) in [5.74, 6) is -0.162. The molecule has 39 heavy (non-hydrogen) atoms. The van der Waals surface area contributed by atoms with E-state index in [2.05, 4.69) is 4.98 Å². The van der Waals surface area contributed by atoms with E-state index < -0.39 is 23.5 Å². The van der Waals surface area contributed by atoms with Gasteiger partial charge < -0.3 is 14.3 Å². The molecule has 7 nitrogen and oxygen atoms in total. The number of nitrogens with zero attached hydrogens (tertiary/aromatic N) is 2. The Labute approximate surface area is 228 Å². The molecule has 6 rings (SSSR count). The molecule has 0 radical (unpaired) electrons. The first-order valence-electron chi connectivity index (χ1n) is 12.2. The molecule has 0 saturated carbocycles. The zero-order valence-electron chi connectivity index (χ0n) is 20.8. The number of aromatic nitrogens is 1. The molecule has 3 heterocycles. The van der Waals surface area contributed by atoms with Gasteiger partial charge in [-0.2, -0.15) is 0 Å². The van der Waals surface area contributed by atoms with E-state index >= 15 is 0 Å². The molecule has 8 heteroatoms. The van der Waals surface area contributed by atoms with E-state index in [0.29, 0.717) is 38.5 Å². The Kier molecular flexibility index (Phi) is 6.30. The number of hydrogen-bond donors (Lipinski definition) is 1.